The maximum atomic E-state index is 10.8. The molecule has 1 aromatic carbocycles. The van der Waals surface area contributed by atoms with E-state index in [9.17, 15) is 13.2 Å². The van der Waals surface area contributed by atoms with Crippen molar-refractivity contribution in [2.24, 2.45) is 4.99 Å². The minimum atomic E-state index is -3.62. The third kappa shape index (κ3) is 3.71. The Hall–Kier alpha value is -1.36. The molecule has 0 atom stereocenters. The molecule has 0 heterocycles. The summed E-state index contributed by atoms with van der Waals surface area (Å²) in [5.41, 5.74) is 0.274. The van der Waals surface area contributed by atoms with Gasteiger partial charge in [0.05, 0.1) is 17.0 Å². The van der Waals surface area contributed by atoms with Crippen LogP contribution in [0.3, 0.4) is 0 Å². The molecule has 0 aromatic heterocycles. The monoisotopic (exact) mass is 247 g/mol. The van der Waals surface area contributed by atoms with Gasteiger partial charge in [-0.1, -0.05) is 11.6 Å². The van der Waals surface area contributed by atoms with E-state index in [1.807, 2.05) is 0 Å². The van der Waals surface area contributed by atoms with E-state index in [1.165, 1.54) is 24.3 Å². The van der Waals surface area contributed by atoms with E-state index in [4.69, 9.17) is 11.6 Å². The Morgan fingerprint density at radius 2 is 2.13 bits per heavy atom. The summed E-state index contributed by atoms with van der Waals surface area (Å²) in [4.78, 5) is 13.2. The van der Waals surface area contributed by atoms with Gasteiger partial charge in [0, 0.05) is 0 Å². The second kappa shape index (κ2) is 4.44. The molecule has 0 saturated heterocycles. The highest BCUT2D eigenvalue weighted by Gasteiger charge is 2.08. The van der Waals surface area contributed by atoms with Crippen LogP contribution in [0.4, 0.5) is 5.69 Å². The first kappa shape index (κ1) is 11.7. The number of rotatable bonds is 3. The van der Waals surface area contributed by atoms with Gasteiger partial charge in [0.2, 0.25) is 6.08 Å². The van der Waals surface area contributed by atoms with Crippen LogP contribution in [0.5, 0.6) is 5.75 Å². The van der Waals surface area contributed by atoms with Crippen molar-refractivity contribution in [3.63, 3.8) is 0 Å². The van der Waals surface area contributed by atoms with E-state index < -0.39 is 10.1 Å². The molecule has 1 aromatic rings. The van der Waals surface area contributed by atoms with Crippen LogP contribution in [-0.4, -0.2) is 20.8 Å². The Bertz CT molecular complexity index is 519. The number of carbonyl (C=O) groups excluding carboxylic acids is 1. The molecule has 0 spiro atoms. The Labute approximate surface area is 91.5 Å². The zero-order valence-corrected chi connectivity index (χ0v) is 9.17. The molecule has 0 unspecified atom stereocenters. The van der Waals surface area contributed by atoms with E-state index in [0.717, 1.165) is 6.26 Å². The van der Waals surface area contributed by atoms with Crippen molar-refractivity contribution < 1.29 is 17.4 Å². The quantitative estimate of drug-likeness (QED) is 0.462. The zero-order chi connectivity index (χ0) is 11.5. The standard InChI is InChI=1S/C8H6ClNO4S/c1-15(12,13)14-8-3-2-6(10-5-11)4-7(8)9/h2-4H,1H3. The molecule has 15 heavy (non-hydrogen) atoms. The summed E-state index contributed by atoms with van der Waals surface area (Å²) in [6.45, 7) is 0. The lowest BCUT2D eigenvalue weighted by Crippen LogP contribution is -2.05. The fourth-order valence-corrected chi connectivity index (χ4v) is 1.57. The molecule has 0 aliphatic carbocycles. The second-order valence-corrected chi connectivity index (χ2v) is 4.59. The van der Waals surface area contributed by atoms with E-state index in [1.54, 1.807) is 0 Å². The molecule has 7 heteroatoms. The molecular formula is C8H6ClNO4S. The summed E-state index contributed by atoms with van der Waals surface area (Å²) >= 11 is 5.69. The van der Waals surface area contributed by atoms with E-state index in [0.29, 0.717) is 0 Å². The molecule has 0 aliphatic heterocycles. The van der Waals surface area contributed by atoms with Crippen molar-refractivity contribution in [2.75, 3.05) is 6.26 Å². The van der Waals surface area contributed by atoms with Crippen LogP contribution in [0, 0.1) is 0 Å². The van der Waals surface area contributed by atoms with Crippen LogP contribution in [0.2, 0.25) is 5.02 Å². The van der Waals surface area contributed by atoms with Crippen molar-refractivity contribution in [3.05, 3.63) is 23.2 Å². The Kier molecular flexibility index (Phi) is 3.47. The average molecular weight is 248 g/mol. The SMILES string of the molecule is CS(=O)(=O)Oc1ccc(N=C=O)cc1Cl. The van der Waals surface area contributed by atoms with Crippen molar-refractivity contribution >= 4 is 33.5 Å². The van der Waals surface area contributed by atoms with E-state index in [2.05, 4.69) is 9.18 Å². The summed E-state index contributed by atoms with van der Waals surface area (Å²) in [6, 6.07) is 3.99. The smallest absolute Gasteiger partial charge is 0.306 e. The molecule has 0 bridgehead atoms. The van der Waals surface area contributed by atoms with Gasteiger partial charge in [-0.05, 0) is 18.2 Å². The maximum Gasteiger partial charge on any atom is 0.306 e. The molecule has 1 rings (SSSR count). The summed E-state index contributed by atoms with van der Waals surface area (Å²) < 4.78 is 26.2. The van der Waals surface area contributed by atoms with Crippen LogP contribution in [0.15, 0.2) is 23.2 Å². The number of nitrogens with zero attached hydrogens (tertiary/aromatic N) is 1. The topological polar surface area (TPSA) is 72.8 Å². The predicted octanol–water partition coefficient (Wildman–Crippen LogP) is 1.65. The van der Waals surface area contributed by atoms with Gasteiger partial charge in [-0.15, -0.1) is 0 Å². The van der Waals surface area contributed by atoms with Gasteiger partial charge in [0.15, 0.2) is 5.75 Å². The van der Waals surface area contributed by atoms with Crippen molar-refractivity contribution in [2.45, 2.75) is 0 Å². The highest BCUT2D eigenvalue weighted by molar-refractivity contribution is 7.86. The highest BCUT2D eigenvalue weighted by atomic mass is 35.5. The number of isocyanates is 1. The van der Waals surface area contributed by atoms with Crippen LogP contribution in [0.25, 0.3) is 0 Å². The number of hydrogen-bond acceptors (Lipinski definition) is 5. The van der Waals surface area contributed by atoms with Gasteiger partial charge in [-0.2, -0.15) is 13.4 Å². The number of benzene rings is 1. The van der Waals surface area contributed by atoms with Crippen molar-refractivity contribution in [1.29, 1.82) is 0 Å². The second-order valence-electron chi connectivity index (χ2n) is 2.61. The molecule has 0 radical (unpaired) electrons. The van der Waals surface area contributed by atoms with E-state index in [-0.39, 0.29) is 16.5 Å². The first-order valence-corrected chi connectivity index (χ1v) is 5.89. The average Bonchev–Trinajstić information content (AvgIpc) is 2.08. The minimum absolute atomic E-state index is 0.0102. The first-order valence-electron chi connectivity index (χ1n) is 3.69. The number of aliphatic imine (C=N–C) groups is 1. The lowest BCUT2D eigenvalue weighted by atomic mass is 10.3. The van der Waals surface area contributed by atoms with Gasteiger partial charge in [0.1, 0.15) is 0 Å². The molecule has 80 valence electrons. The largest absolute Gasteiger partial charge is 0.381 e. The number of hydrogen-bond donors (Lipinski definition) is 0. The van der Waals surface area contributed by atoms with Gasteiger partial charge in [-0.25, -0.2) is 4.79 Å². The molecule has 0 fully saturated rings. The maximum absolute atomic E-state index is 10.8. The van der Waals surface area contributed by atoms with Crippen LogP contribution >= 0.6 is 11.6 Å². The van der Waals surface area contributed by atoms with Crippen LogP contribution < -0.4 is 4.18 Å². The van der Waals surface area contributed by atoms with Gasteiger partial charge in [-0.3, -0.25) is 0 Å². The van der Waals surface area contributed by atoms with Gasteiger partial charge < -0.3 is 4.18 Å². The van der Waals surface area contributed by atoms with Crippen LogP contribution in [-0.2, 0) is 14.9 Å². The van der Waals surface area contributed by atoms with Gasteiger partial charge >= 0.3 is 10.1 Å². The molecule has 0 N–H and O–H groups in total. The molecule has 0 aliphatic rings. The summed E-state index contributed by atoms with van der Waals surface area (Å²) in [5, 5.41) is 0.0527. The summed E-state index contributed by atoms with van der Waals surface area (Å²) in [7, 11) is -3.62. The Morgan fingerprint density at radius 1 is 1.47 bits per heavy atom. The number of halogens is 1. The molecular weight excluding hydrogens is 242 g/mol. The lowest BCUT2D eigenvalue weighted by molar-refractivity contribution is 0.493. The summed E-state index contributed by atoms with van der Waals surface area (Å²) in [5.74, 6) is -0.0102. The van der Waals surface area contributed by atoms with Crippen molar-refractivity contribution in [1.82, 2.24) is 0 Å². The van der Waals surface area contributed by atoms with E-state index >= 15 is 0 Å². The predicted molar refractivity (Wildman–Crippen MR) is 54.7 cm³/mol. The molecule has 0 saturated carbocycles. The summed E-state index contributed by atoms with van der Waals surface area (Å²) in [6.07, 6.45) is 2.24. The Balaban J connectivity index is 3.08. The lowest BCUT2D eigenvalue weighted by Gasteiger charge is -2.04. The normalized spacial score (nSPS) is 10.5. The first-order chi connectivity index (χ1) is 6.92. The fraction of sp³-hybridized carbons (Fsp3) is 0.125. The molecule has 5 nitrogen and oxygen atoms in total. The van der Waals surface area contributed by atoms with Crippen molar-refractivity contribution in [3.8, 4) is 5.75 Å². The third-order valence-electron chi connectivity index (χ3n) is 1.33. The molecule has 0 amide bonds. The zero-order valence-electron chi connectivity index (χ0n) is 7.60. The minimum Gasteiger partial charge on any atom is -0.381 e. The highest BCUT2D eigenvalue weighted by Crippen LogP contribution is 2.29. The Morgan fingerprint density at radius 3 is 2.60 bits per heavy atom. The van der Waals surface area contributed by atoms with Gasteiger partial charge in [0.25, 0.3) is 0 Å². The van der Waals surface area contributed by atoms with Crippen LogP contribution in [0.1, 0.15) is 0 Å². The third-order valence-corrected chi connectivity index (χ3v) is 2.11. The fourth-order valence-electron chi connectivity index (χ4n) is 0.843.